The van der Waals surface area contributed by atoms with Gasteiger partial charge in [0.1, 0.15) is 5.58 Å². The maximum absolute atomic E-state index is 12.5. The lowest BCUT2D eigenvalue weighted by molar-refractivity contribution is 0.313. The smallest absolute Gasteiger partial charge is 0.344 e. The van der Waals surface area contributed by atoms with Gasteiger partial charge in [-0.3, -0.25) is 0 Å². The highest BCUT2D eigenvalue weighted by Crippen LogP contribution is 2.26. The van der Waals surface area contributed by atoms with Crippen molar-refractivity contribution in [1.29, 1.82) is 0 Å². The maximum Gasteiger partial charge on any atom is 0.344 e. The van der Waals surface area contributed by atoms with Gasteiger partial charge in [-0.2, -0.15) is 0 Å². The molecule has 0 amide bonds. The lowest BCUT2D eigenvalue weighted by atomic mass is 10.0. The molecule has 1 aliphatic heterocycles. The molecule has 0 unspecified atom stereocenters. The van der Waals surface area contributed by atoms with Gasteiger partial charge in [-0.05, 0) is 37.7 Å². The van der Waals surface area contributed by atoms with Crippen molar-refractivity contribution in [2.24, 2.45) is 0 Å². The van der Waals surface area contributed by atoms with Gasteiger partial charge >= 0.3 is 5.63 Å². The lowest BCUT2D eigenvalue weighted by Crippen LogP contribution is -2.44. The quantitative estimate of drug-likeness (QED) is 0.672. The van der Waals surface area contributed by atoms with Crippen molar-refractivity contribution in [3.05, 3.63) is 64.5 Å². The zero-order valence-electron chi connectivity index (χ0n) is 14.7. The first-order chi connectivity index (χ1) is 12.1. The molecule has 0 atom stereocenters. The summed E-state index contributed by atoms with van der Waals surface area (Å²) in [6.45, 7) is 6.12. The van der Waals surface area contributed by atoms with Crippen molar-refractivity contribution < 1.29 is 4.42 Å². The highest BCUT2D eigenvalue weighted by atomic mass is 16.4. The Hall–Kier alpha value is -2.59. The van der Waals surface area contributed by atoms with E-state index in [2.05, 4.69) is 22.9 Å². The molecule has 128 valence electrons. The van der Waals surface area contributed by atoms with E-state index >= 15 is 0 Å². The van der Waals surface area contributed by atoms with Crippen LogP contribution in [0.25, 0.3) is 22.1 Å². The summed E-state index contributed by atoms with van der Waals surface area (Å²) in [5.74, 6) is 0. The Labute approximate surface area is 147 Å². The molecule has 2 aromatic carbocycles. The Morgan fingerprint density at radius 2 is 1.64 bits per heavy atom. The summed E-state index contributed by atoms with van der Waals surface area (Å²) in [7, 11) is 2.14. The fourth-order valence-corrected chi connectivity index (χ4v) is 3.30. The molecule has 3 aromatic rings. The molecule has 4 heteroatoms. The van der Waals surface area contributed by atoms with Crippen LogP contribution in [-0.2, 0) is 0 Å². The van der Waals surface area contributed by atoms with Gasteiger partial charge in [0.2, 0.25) is 0 Å². The SMILES string of the molecule is Cc1ccc(-c2cc3ccc(N4CCN(C)CC4)cc3oc2=O)cc1. The average Bonchev–Trinajstić information content (AvgIpc) is 2.62. The summed E-state index contributed by atoms with van der Waals surface area (Å²) in [6, 6.07) is 16.0. The van der Waals surface area contributed by atoms with Crippen LogP contribution in [0.5, 0.6) is 0 Å². The summed E-state index contributed by atoms with van der Waals surface area (Å²) in [5, 5.41) is 0.952. The first kappa shape index (κ1) is 15.9. The summed E-state index contributed by atoms with van der Waals surface area (Å²) >= 11 is 0. The predicted octanol–water partition coefficient (Wildman–Crippen LogP) is 3.52. The Morgan fingerprint density at radius 1 is 0.920 bits per heavy atom. The zero-order chi connectivity index (χ0) is 17.4. The molecule has 2 heterocycles. The molecule has 1 aromatic heterocycles. The first-order valence-corrected chi connectivity index (χ1v) is 8.68. The first-order valence-electron chi connectivity index (χ1n) is 8.68. The summed E-state index contributed by atoms with van der Waals surface area (Å²) in [5.41, 5.74) is 4.16. The van der Waals surface area contributed by atoms with Gasteiger partial charge < -0.3 is 14.2 Å². The monoisotopic (exact) mass is 334 g/mol. The molecule has 0 radical (unpaired) electrons. The van der Waals surface area contributed by atoms with Crippen molar-refractivity contribution in [3.8, 4) is 11.1 Å². The van der Waals surface area contributed by atoms with E-state index in [-0.39, 0.29) is 5.63 Å². The number of piperazine rings is 1. The maximum atomic E-state index is 12.5. The average molecular weight is 334 g/mol. The fourth-order valence-electron chi connectivity index (χ4n) is 3.30. The van der Waals surface area contributed by atoms with E-state index < -0.39 is 0 Å². The second kappa shape index (κ2) is 6.37. The van der Waals surface area contributed by atoms with E-state index in [1.54, 1.807) is 0 Å². The molecule has 4 rings (SSSR count). The molecular weight excluding hydrogens is 312 g/mol. The Morgan fingerprint density at radius 3 is 2.36 bits per heavy atom. The number of likely N-dealkylation sites (N-methyl/N-ethyl adjacent to an activating group) is 1. The second-order valence-corrected chi connectivity index (χ2v) is 6.83. The number of fused-ring (bicyclic) bond motifs is 1. The number of rotatable bonds is 2. The summed E-state index contributed by atoms with van der Waals surface area (Å²) in [4.78, 5) is 17.1. The summed E-state index contributed by atoms with van der Waals surface area (Å²) < 4.78 is 5.64. The van der Waals surface area contributed by atoms with Crippen molar-refractivity contribution in [1.82, 2.24) is 4.90 Å². The van der Waals surface area contributed by atoms with Crippen LogP contribution in [0.15, 0.2) is 57.7 Å². The van der Waals surface area contributed by atoms with E-state index in [1.807, 2.05) is 49.4 Å². The van der Waals surface area contributed by atoms with Gasteiger partial charge in [0, 0.05) is 43.3 Å². The van der Waals surface area contributed by atoms with Crippen molar-refractivity contribution >= 4 is 16.7 Å². The van der Waals surface area contributed by atoms with Crippen LogP contribution >= 0.6 is 0 Å². The van der Waals surface area contributed by atoms with Gasteiger partial charge in [-0.15, -0.1) is 0 Å². The Kier molecular flexibility index (Phi) is 4.06. The van der Waals surface area contributed by atoms with E-state index in [4.69, 9.17) is 4.42 Å². The molecule has 25 heavy (non-hydrogen) atoms. The largest absolute Gasteiger partial charge is 0.422 e. The van der Waals surface area contributed by atoms with E-state index in [0.717, 1.165) is 42.8 Å². The minimum atomic E-state index is -0.285. The van der Waals surface area contributed by atoms with Crippen LogP contribution in [0, 0.1) is 6.92 Å². The number of aryl methyl sites for hydroxylation is 1. The molecule has 0 N–H and O–H groups in total. The van der Waals surface area contributed by atoms with E-state index in [1.165, 1.54) is 5.56 Å². The van der Waals surface area contributed by atoms with Crippen LogP contribution in [0.1, 0.15) is 5.56 Å². The van der Waals surface area contributed by atoms with E-state index in [9.17, 15) is 4.79 Å². The predicted molar refractivity (Wildman–Crippen MR) is 102 cm³/mol. The van der Waals surface area contributed by atoms with Crippen molar-refractivity contribution in [2.45, 2.75) is 6.92 Å². The molecule has 1 saturated heterocycles. The second-order valence-electron chi connectivity index (χ2n) is 6.83. The van der Waals surface area contributed by atoms with Crippen LogP contribution < -0.4 is 10.5 Å². The normalized spacial score (nSPS) is 15.7. The molecule has 0 aliphatic carbocycles. The number of hydrogen-bond acceptors (Lipinski definition) is 4. The minimum Gasteiger partial charge on any atom is -0.422 e. The topological polar surface area (TPSA) is 36.7 Å². The Balaban J connectivity index is 1.71. The van der Waals surface area contributed by atoms with Gasteiger partial charge in [-0.25, -0.2) is 4.79 Å². The van der Waals surface area contributed by atoms with Gasteiger partial charge in [0.05, 0.1) is 5.56 Å². The van der Waals surface area contributed by atoms with Gasteiger partial charge in [0.25, 0.3) is 0 Å². The van der Waals surface area contributed by atoms with E-state index in [0.29, 0.717) is 11.1 Å². The lowest BCUT2D eigenvalue weighted by Gasteiger charge is -2.34. The Bertz CT molecular complexity index is 952. The molecular formula is C21H22N2O2. The van der Waals surface area contributed by atoms with Gasteiger partial charge in [-0.1, -0.05) is 29.8 Å². The zero-order valence-corrected chi connectivity index (χ0v) is 14.7. The molecule has 1 aliphatic rings. The third-order valence-electron chi connectivity index (χ3n) is 4.95. The number of nitrogens with zero attached hydrogens (tertiary/aromatic N) is 2. The third kappa shape index (κ3) is 3.17. The molecule has 0 spiro atoms. The molecule has 1 fully saturated rings. The van der Waals surface area contributed by atoms with Crippen molar-refractivity contribution in [2.75, 3.05) is 38.1 Å². The number of benzene rings is 2. The van der Waals surface area contributed by atoms with Crippen LogP contribution in [0.4, 0.5) is 5.69 Å². The van der Waals surface area contributed by atoms with Gasteiger partial charge in [0.15, 0.2) is 0 Å². The van der Waals surface area contributed by atoms with Crippen molar-refractivity contribution in [3.63, 3.8) is 0 Å². The highest BCUT2D eigenvalue weighted by Gasteiger charge is 2.15. The van der Waals surface area contributed by atoms with Crippen LogP contribution in [0.3, 0.4) is 0 Å². The molecule has 0 bridgehead atoms. The third-order valence-corrected chi connectivity index (χ3v) is 4.95. The minimum absolute atomic E-state index is 0.285. The molecule has 0 saturated carbocycles. The standard InChI is InChI=1S/C21H22N2O2/c1-15-3-5-16(6-4-15)19-13-17-7-8-18(14-20(17)25-21(19)24)23-11-9-22(2)10-12-23/h3-8,13-14H,9-12H2,1-2H3. The highest BCUT2D eigenvalue weighted by molar-refractivity contribution is 5.84. The number of anilines is 1. The fraction of sp³-hybridized carbons (Fsp3) is 0.286. The number of hydrogen-bond donors (Lipinski definition) is 0. The van der Waals surface area contributed by atoms with Crippen LogP contribution in [0.2, 0.25) is 0 Å². The van der Waals surface area contributed by atoms with Crippen LogP contribution in [-0.4, -0.2) is 38.1 Å². The summed E-state index contributed by atoms with van der Waals surface area (Å²) in [6.07, 6.45) is 0. The molecule has 4 nitrogen and oxygen atoms in total.